The number of halogens is 1. The van der Waals surface area contributed by atoms with Gasteiger partial charge in [0.25, 0.3) is 5.91 Å². The van der Waals surface area contributed by atoms with Crippen LogP contribution in [0.3, 0.4) is 0 Å². The van der Waals surface area contributed by atoms with E-state index in [9.17, 15) is 4.79 Å². The van der Waals surface area contributed by atoms with Crippen LogP contribution in [0.15, 0.2) is 24.3 Å². The molecule has 2 aromatic rings. The molecule has 1 amide bonds. The summed E-state index contributed by atoms with van der Waals surface area (Å²) in [7, 11) is 1.46. The number of anilines is 1. The first-order valence-electron chi connectivity index (χ1n) is 6.25. The number of aromatic nitrogens is 2. The number of ether oxygens (including phenoxy) is 2. The molecule has 0 bridgehead atoms. The fraction of sp³-hybridized carbons (Fsp3) is 0.214. The lowest BCUT2D eigenvalue weighted by Gasteiger charge is -2.07. The molecule has 7 heteroatoms. The van der Waals surface area contributed by atoms with Crippen molar-refractivity contribution in [3.8, 4) is 5.88 Å². The Balaban J connectivity index is 1.81. The van der Waals surface area contributed by atoms with Gasteiger partial charge in [-0.2, -0.15) is 4.98 Å². The van der Waals surface area contributed by atoms with Crippen LogP contribution in [0, 0.1) is 0 Å². The molecule has 0 aliphatic carbocycles. The number of benzene rings is 1. The first kappa shape index (κ1) is 13.8. The van der Waals surface area contributed by atoms with E-state index in [0.717, 1.165) is 11.1 Å². The van der Waals surface area contributed by atoms with Gasteiger partial charge < -0.3 is 9.47 Å². The normalized spacial score (nSPS) is 12.9. The molecule has 0 saturated carbocycles. The van der Waals surface area contributed by atoms with E-state index >= 15 is 0 Å². The number of hydrogen-bond donors (Lipinski definition) is 1. The molecule has 1 aliphatic heterocycles. The second kappa shape index (κ2) is 5.67. The summed E-state index contributed by atoms with van der Waals surface area (Å²) in [6.45, 7) is 1.11. The molecule has 0 fully saturated rings. The van der Waals surface area contributed by atoms with Crippen LogP contribution < -0.4 is 10.1 Å². The zero-order valence-electron chi connectivity index (χ0n) is 11.2. The maximum absolute atomic E-state index is 12.2. The molecule has 6 nitrogen and oxygen atoms in total. The Hall–Kier alpha value is -2.18. The molecule has 108 valence electrons. The highest BCUT2D eigenvalue weighted by molar-refractivity contribution is 6.29. The molecule has 21 heavy (non-hydrogen) atoms. The number of rotatable bonds is 3. The molecule has 1 aromatic heterocycles. The van der Waals surface area contributed by atoms with Crippen molar-refractivity contribution in [3.05, 3.63) is 46.1 Å². The molecule has 0 saturated heterocycles. The Kier molecular flexibility index (Phi) is 3.72. The number of nitrogens with zero attached hydrogens (tertiary/aromatic N) is 2. The van der Waals surface area contributed by atoms with Crippen molar-refractivity contribution in [2.75, 3.05) is 12.4 Å². The molecule has 2 heterocycles. The van der Waals surface area contributed by atoms with Crippen molar-refractivity contribution in [2.45, 2.75) is 13.2 Å². The first-order valence-corrected chi connectivity index (χ1v) is 6.63. The molecule has 0 radical (unpaired) electrons. The summed E-state index contributed by atoms with van der Waals surface area (Å²) in [5, 5.41) is 2.79. The van der Waals surface area contributed by atoms with Crippen molar-refractivity contribution in [1.82, 2.24) is 9.97 Å². The van der Waals surface area contributed by atoms with E-state index in [-0.39, 0.29) is 22.9 Å². The Labute approximate surface area is 126 Å². The van der Waals surface area contributed by atoms with Gasteiger partial charge in [-0.1, -0.05) is 17.7 Å². The van der Waals surface area contributed by atoms with Crippen LogP contribution in [-0.4, -0.2) is 23.0 Å². The SMILES string of the molecule is COc1cc(Cl)nc(NC(=O)c2ccc3c(c2)COC3)n1. The molecule has 0 spiro atoms. The van der Waals surface area contributed by atoms with Gasteiger partial charge in [0.15, 0.2) is 0 Å². The van der Waals surface area contributed by atoms with E-state index < -0.39 is 0 Å². The largest absolute Gasteiger partial charge is 0.481 e. The van der Waals surface area contributed by atoms with Gasteiger partial charge in [-0.3, -0.25) is 10.1 Å². The molecular weight excluding hydrogens is 294 g/mol. The van der Waals surface area contributed by atoms with Crippen LogP contribution in [-0.2, 0) is 18.0 Å². The lowest BCUT2D eigenvalue weighted by molar-refractivity contribution is 0.102. The number of carbonyl (C=O) groups is 1. The molecule has 0 unspecified atom stereocenters. The third-order valence-electron chi connectivity index (χ3n) is 3.09. The maximum atomic E-state index is 12.2. The topological polar surface area (TPSA) is 73.3 Å². The van der Waals surface area contributed by atoms with E-state index in [1.54, 1.807) is 12.1 Å². The minimum atomic E-state index is -0.311. The van der Waals surface area contributed by atoms with Gasteiger partial charge in [-0.15, -0.1) is 0 Å². The Morgan fingerprint density at radius 2 is 2.10 bits per heavy atom. The summed E-state index contributed by atoms with van der Waals surface area (Å²) in [5.74, 6) is 0.0720. The van der Waals surface area contributed by atoms with E-state index in [0.29, 0.717) is 18.8 Å². The van der Waals surface area contributed by atoms with E-state index in [2.05, 4.69) is 15.3 Å². The minimum Gasteiger partial charge on any atom is -0.481 e. The van der Waals surface area contributed by atoms with Crippen LogP contribution >= 0.6 is 11.6 Å². The zero-order chi connectivity index (χ0) is 14.8. The molecule has 0 atom stereocenters. The number of hydrogen-bond acceptors (Lipinski definition) is 5. The third-order valence-corrected chi connectivity index (χ3v) is 3.28. The van der Waals surface area contributed by atoms with Crippen LogP contribution in [0.25, 0.3) is 0 Å². The number of methoxy groups -OCH3 is 1. The smallest absolute Gasteiger partial charge is 0.258 e. The van der Waals surface area contributed by atoms with Crippen molar-refractivity contribution >= 4 is 23.5 Å². The fourth-order valence-electron chi connectivity index (χ4n) is 2.04. The highest BCUT2D eigenvalue weighted by Gasteiger charge is 2.15. The molecule has 3 rings (SSSR count). The quantitative estimate of drug-likeness (QED) is 0.882. The van der Waals surface area contributed by atoms with Crippen LogP contribution in [0.2, 0.25) is 5.15 Å². The van der Waals surface area contributed by atoms with Crippen molar-refractivity contribution in [1.29, 1.82) is 0 Å². The standard InChI is InChI=1S/C14H12ClN3O3/c1-20-12-5-11(15)16-14(17-12)18-13(19)8-2-3-9-6-21-7-10(9)4-8/h2-5H,6-7H2,1H3,(H,16,17,18,19). The predicted octanol–water partition coefficient (Wildman–Crippen LogP) is 2.42. The lowest BCUT2D eigenvalue weighted by atomic mass is 10.1. The monoisotopic (exact) mass is 305 g/mol. The summed E-state index contributed by atoms with van der Waals surface area (Å²) in [6.07, 6.45) is 0. The minimum absolute atomic E-state index is 0.0982. The van der Waals surface area contributed by atoms with Crippen LogP contribution in [0.5, 0.6) is 5.88 Å². The fourth-order valence-corrected chi connectivity index (χ4v) is 2.22. The van der Waals surface area contributed by atoms with Gasteiger partial charge in [0, 0.05) is 11.6 Å². The predicted molar refractivity (Wildman–Crippen MR) is 76.5 cm³/mol. The van der Waals surface area contributed by atoms with Gasteiger partial charge in [-0.25, -0.2) is 4.98 Å². The zero-order valence-corrected chi connectivity index (χ0v) is 12.0. The summed E-state index contributed by atoms with van der Waals surface area (Å²) in [4.78, 5) is 20.2. The number of nitrogens with one attached hydrogen (secondary N) is 1. The number of fused-ring (bicyclic) bond motifs is 1. The Morgan fingerprint density at radius 3 is 2.90 bits per heavy atom. The molecular formula is C14H12ClN3O3. The molecule has 1 aromatic carbocycles. The second-order valence-electron chi connectivity index (χ2n) is 4.49. The number of amides is 1. The van der Waals surface area contributed by atoms with Gasteiger partial charge >= 0.3 is 0 Å². The second-order valence-corrected chi connectivity index (χ2v) is 4.87. The van der Waals surface area contributed by atoms with Crippen LogP contribution in [0.4, 0.5) is 5.95 Å². The lowest BCUT2D eigenvalue weighted by Crippen LogP contribution is -2.14. The van der Waals surface area contributed by atoms with Crippen molar-refractivity contribution in [3.63, 3.8) is 0 Å². The van der Waals surface area contributed by atoms with E-state index in [4.69, 9.17) is 21.1 Å². The van der Waals surface area contributed by atoms with Gasteiger partial charge in [0.2, 0.25) is 11.8 Å². The van der Waals surface area contributed by atoms with Gasteiger partial charge in [-0.05, 0) is 23.3 Å². The van der Waals surface area contributed by atoms with Crippen molar-refractivity contribution < 1.29 is 14.3 Å². The highest BCUT2D eigenvalue weighted by Crippen LogP contribution is 2.21. The first-order chi connectivity index (χ1) is 10.2. The third kappa shape index (κ3) is 2.96. The van der Waals surface area contributed by atoms with Gasteiger partial charge in [0.05, 0.1) is 20.3 Å². The highest BCUT2D eigenvalue weighted by atomic mass is 35.5. The van der Waals surface area contributed by atoms with Gasteiger partial charge in [0.1, 0.15) is 5.15 Å². The summed E-state index contributed by atoms with van der Waals surface area (Å²) >= 11 is 5.84. The average Bonchev–Trinajstić information content (AvgIpc) is 2.93. The average molecular weight is 306 g/mol. The van der Waals surface area contributed by atoms with E-state index in [1.165, 1.54) is 13.2 Å². The van der Waals surface area contributed by atoms with Crippen LogP contribution in [0.1, 0.15) is 21.5 Å². The van der Waals surface area contributed by atoms with E-state index in [1.807, 2.05) is 6.07 Å². The summed E-state index contributed by atoms with van der Waals surface area (Å²) < 4.78 is 10.3. The van der Waals surface area contributed by atoms with Crippen molar-refractivity contribution in [2.24, 2.45) is 0 Å². The summed E-state index contributed by atoms with van der Waals surface area (Å²) in [6, 6.07) is 6.89. The summed E-state index contributed by atoms with van der Waals surface area (Å²) in [5.41, 5.74) is 2.64. The molecule has 1 aliphatic rings. The molecule has 1 N–H and O–H groups in total. The number of carbonyl (C=O) groups excluding carboxylic acids is 1. The Morgan fingerprint density at radius 1 is 1.29 bits per heavy atom. The maximum Gasteiger partial charge on any atom is 0.258 e. The Bertz CT molecular complexity index is 706.